The van der Waals surface area contributed by atoms with Crippen molar-refractivity contribution < 1.29 is 22.0 Å². The fourth-order valence-corrected chi connectivity index (χ4v) is 1.12. The predicted molar refractivity (Wildman–Crippen MR) is 41.4 cm³/mol. The van der Waals surface area contributed by atoms with Crippen LogP contribution in [-0.4, -0.2) is 0 Å². The Labute approximate surface area is 81.3 Å². The average Bonchev–Trinajstić information content (AvgIpc) is 2.02. The van der Waals surface area contributed by atoms with E-state index in [0.717, 1.165) is 12.1 Å². The van der Waals surface area contributed by atoms with Crippen molar-refractivity contribution in [1.82, 2.24) is 0 Å². The molecule has 1 rings (SSSR count). The maximum absolute atomic E-state index is 12.2. The van der Waals surface area contributed by atoms with Gasteiger partial charge in [0.25, 0.3) is 6.43 Å². The summed E-state index contributed by atoms with van der Waals surface area (Å²) in [6, 6.07) is 2.03. The first-order valence-corrected chi connectivity index (χ1v) is 3.85. The van der Waals surface area contributed by atoms with E-state index >= 15 is 0 Å². The Morgan fingerprint density at radius 1 is 1.14 bits per heavy atom. The number of halogens is 6. The normalized spacial score (nSPS) is 12.2. The highest BCUT2D eigenvalue weighted by Gasteiger charge is 2.33. The van der Waals surface area contributed by atoms with E-state index in [1.165, 1.54) is 0 Å². The van der Waals surface area contributed by atoms with Crippen molar-refractivity contribution in [3.05, 3.63) is 34.3 Å². The van der Waals surface area contributed by atoms with Crippen LogP contribution in [0.15, 0.2) is 18.2 Å². The molecule has 0 amide bonds. The topological polar surface area (TPSA) is 0 Å². The lowest BCUT2D eigenvalue weighted by Gasteiger charge is -2.10. The van der Waals surface area contributed by atoms with Crippen molar-refractivity contribution in [2.45, 2.75) is 12.6 Å². The standard InChI is InChI=1S/C8H4ClF5/c9-6-2-1-4(7(10)11)3-5(6)8(12,13)14/h1-3,7H. The molecule has 0 nitrogen and oxygen atoms in total. The molecule has 0 N–H and O–H groups in total. The zero-order valence-electron chi connectivity index (χ0n) is 6.58. The van der Waals surface area contributed by atoms with Gasteiger partial charge in [0.15, 0.2) is 0 Å². The molecule has 0 saturated heterocycles. The molecular formula is C8H4ClF5. The summed E-state index contributed by atoms with van der Waals surface area (Å²) in [7, 11) is 0. The molecule has 1 aromatic carbocycles. The molecule has 0 aliphatic heterocycles. The van der Waals surface area contributed by atoms with Crippen LogP contribution in [0.25, 0.3) is 0 Å². The summed E-state index contributed by atoms with van der Waals surface area (Å²) in [5, 5.41) is -0.582. The lowest BCUT2D eigenvalue weighted by Crippen LogP contribution is -2.06. The third-order valence-electron chi connectivity index (χ3n) is 1.55. The van der Waals surface area contributed by atoms with E-state index in [1.807, 2.05) is 0 Å². The monoisotopic (exact) mass is 230 g/mol. The number of alkyl halides is 5. The lowest BCUT2D eigenvalue weighted by molar-refractivity contribution is -0.137. The summed E-state index contributed by atoms with van der Waals surface area (Å²) in [5.41, 5.74) is -1.93. The molecule has 14 heavy (non-hydrogen) atoms. The van der Waals surface area contributed by atoms with E-state index in [0.29, 0.717) is 6.07 Å². The van der Waals surface area contributed by atoms with Crippen molar-refractivity contribution in [1.29, 1.82) is 0 Å². The summed E-state index contributed by atoms with van der Waals surface area (Å²) in [6.45, 7) is 0. The molecule has 0 aliphatic rings. The second-order valence-corrected chi connectivity index (χ2v) is 2.94. The first-order valence-electron chi connectivity index (χ1n) is 3.47. The quantitative estimate of drug-likeness (QED) is 0.631. The molecule has 0 aliphatic carbocycles. The highest BCUT2D eigenvalue weighted by Crippen LogP contribution is 2.36. The summed E-state index contributed by atoms with van der Waals surface area (Å²) in [5.74, 6) is 0. The lowest BCUT2D eigenvalue weighted by atomic mass is 10.1. The molecule has 78 valence electrons. The molecule has 0 radical (unpaired) electrons. The molecule has 0 saturated carbocycles. The fourth-order valence-electron chi connectivity index (χ4n) is 0.896. The Morgan fingerprint density at radius 3 is 2.14 bits per heavy atom. The average molecular weight is 231 g/mol. The van der Waals surface area contributed by atoms with Crippen molar-refractivity contribution in [3.63, 3.8) is 0 Å². The molecule has 0 fully saturated rings. The molecule has 0 aromatic heterocycles. The van der Waals surface area contributed by atoms with Crippen LogP contribution in [0.3, 0.4) is 0 Å². The number of hydrogen-bond donors (Lipinski definition) is 0. The van der Waals surface area contributed by atoms with Crippen molar-refractivity contribution >= 4 is 11.6 Å². The highest BCUT2D eigenvalue weighted by molar-refractivity contribution is 6.31. The molecule has 0 spiro atoms. The minimum Gasteiger partial charge on any atom is -0.205 e. The van der Waals surface area contributed by atoms with Gasteiger partial charge >= 0.3 is 6.18 Å². The Bertz CT molecular complexity index is 331. The van der Waals surface area contributed by atoms with Gasteiger partial charge in [0.1, 0.15) is 0 Å². The van der Waals surface area contributed by atoms with Gasteiger partial charge in [0.05, 0.1) is 10.6 Å². The Hall–Kier alpha value is -0.840. The van der Waals surface area contributed by atoms with E-state index in [4.69, 9.17) is 11.6 Å². The van der Waals surface area contributed by atoms with Gasteiger partial charge in [0.2, 0.25) is 0 Å². The van der Waals surface area contributed by atoms with Gasteiger partial charge in [-0.05, 0) is 12.1 Å². The molecule has 6 heteroatoms. The van der Waals surface area contributed by atoms with E-state index in [9.17, 15) is 22.0 Å². The van der Waals surface area contributed by atoms with Gasteiger partial charge in [-0.1, -0.05) is 17.7 Å². The largest absolute Gasteiger partial charge is 0.417 e. The van der Waals surface area contributed by atoms with Crippen LogP contribution >= 0.6 is 11.6 Å². The van der Waals surface area contributed by atoms with Crippen LogP contribution in [0.4, 0.5) is 22.0 Å². The first-order chi connectivity index (χ1) is 6.32. The van der Waals surface area contributed by atoms with E-state index < -0.39 is 28.8 Å². The highest BCUT2D eigenvalue weighted by atomic mass is 35.5. The van der Waals surface area contributed by atoms with Gasteiger partial charge in [-0.25, -0.2) is 8.78 Å². The van der Waals surface area contributed by atoms with Crippen molar-refractivity contribution in [3.8, 4) is 0 Å². The van der Waals surface area contributed by atoms with Gasteiger partial charge in [0, 0.05) is 5.56 Å². The molecule has 1 aromatic rings. The van der Waals surface area contributed by atoms with Gasteiger partial charge in [-0.2, -0.15) is 13.2 Å². The summed E-state index contributed by atoms with van der Waals surface area (Å²) >= 11 is 5.22. The van der Waals surface area contributed by atoms with Crippen LogP contribution in [0.2, 0.25) is 5.02 Å². The van der Waals surface area contributed by atoms with Crippen molar-refractivity contribution in [2.24, 2.45) is 0 Å². The zero-order valence-corrected chi connectivity index (χ0v) is 7.33. The van der Waals surface area contributed by atoms with Crippen LogP contribution in [0.5, 0.6) is 0 Å². The molecule has 0 atom stereocenters. The summed E-state index contributed by atoms with van der Waals surface area (Å²) < 4.78 is 60.6. The zero-order chi connectivity index (χ0) is 10.9. The van der Waals surface area contributed by atoms with E-state index in [2.05, 4.69) is 0 Å². The maximum Gasteiger partial charge on any atom is 0.417 e. The first kappa shape index (κ1) is 11.2. The van der Waals surface area contributed by atoms with Gasteiger partial charge < -0.3 is 0 Å². The molecule has 0 heterocycles. The van der Waals surface area contributed by atoms with Gasteiger partial charge in [-0.15, -0.1) is 0 Å². The third kappa shape index (κ3) is 2.35. The summed E-state index contributed by atoms with van der Waals surface area (Å²) in [6.07, 6.45) is -7.64. The molecular weight excluding hydrogens is 227 g/mol. The Morgan fingerprint density at radius 2 is 1.71 bits per heavy atom. The number of benzene rings is 1. The van der Waals surface area contributed by atoms with Crippen molar-refractivity contribution in [2.75, 3.05) is 0 Å². The van der Waals surface area contributed by atoms with Gasteiger partial charge in [-0.3, -0.25) is 0 Å². The second kappa shape index (κ2) is 3.73. The van der Waals surface area contributed by atoms with Crippen LogP contribution < -0.4 is 0 Å². The molecule has 0 bridgehead atoms. The smallest absolute Gasteiger partial charge is 0.205 e. The predicted octanol–water partition coefficient (Wildman–Crippen LogP) is 4.30. The minimum absolute atomic E-state index is 0.354. The second-order valence-electron chi connectivity index (χ2n) is 2.54. The minimum atomic E-state index is -4.71. The third-order valence-corrected chi connectivity index (χ3v) is 1.88. The number of rotatable bonds is 1. The van der Waals surface area contributed by atoms with Crippen LogP contribution in [0, 0.1) is 0 Å². The van der Waals surface area contributed by atoms with E-state index in [-0.39, 0.29) is 0 Å². The fraction of sp³-hybridized carbons (Fsp3) is 0.250. The Kier molecular flexibility index (Phi) is 2.99. The SMILES string of the molecule is FC(F)c1ccc(Cl)c(C(F)(F)F)c1. The van der Waals surface area contributed by atoms with E-state index in [1.54, 1.807) is 0 Å². The Balaban J connectivity index is 3.22. The maximum atomic E-state index is 12.2. The summed E-state index contributed by atoms with van der Waals surface area (Å²) in [4.78, 5) is 0. The van der Waals surface area contributed by atoms with Crippen LogP contribution in [-0.2, 0) is 6.18 Å². The van der Waals surface area contributed by atoms with Crippen LogP contribution in [0.1, 0.15) is 17.6 Å². The number of hydrogen-bond acceptors (Lipinski definition) is 0. The molecule has 0 unspecified atom stereocenters.